The lowest BCUT2D eigenvalue weighted by Gasteiger charge is -2.42. The summed E-state index contributed by atoms with van der Waals surface area (Å²) < 4.78 is 0. The van der Waals surface area contributed by atoms with E-state index in [0.29, 0.717) is 12.1 Å². The van der Waals surface area contributed by atoms with Crippen molar-refractivity contribution < 1.29 is 4.79 Å². The maximum absolute atomic E-state index is 10.6. The van der Waals surface area contributed by atoms with Crippen molar-refractivity contribution in [2.45, 2.75) is 32.5 Å². The van der Waals surface area contributed by atoms with E-state index in [1.165, 1.54) is 5.56 Å². The Labute approximate surface area is 109 Å². The second kappa shape index (κ2) is 5.63. The van der Waals surface area contributed by atoms with Gasteiger partial charge in [-0.05, 0) is 26.5 Å². The number of carbonyl (C=O) groups is 1. The fraction of sp³-hybridized carbons (Fsp3) is 0.533. The fourth-order valence-electron chi connectivity index (χ4n) is 2.60. The molecular formula is C15H22N2O. The summed E-state index contributed by atoms with van der Waals surface area (Å²) in [6, 6.07) is 9.09. The van der Waals surface area contributed by atoms with Crippen molar-refractivity contribution in [2.75, 3.05) is 20.1 Å². The van der Waals surface area contributed by atoms with Gasteiger partial charge in [-0.15, -0.1) is 0 Å². The molecule has 0 aromatic heterocycles. The number of carbonyl (C=O) groups excluding carboxylic acids is 1. The van der Waals surface area contributed by atoms with Crippen LogP contribution in [0.4, 0.5) is 0 Å². The summed E-state index contributed by atoms with van der Waals surface area (Å²) in [4.78, 5) is 15.5. The quantitative estimate of drug-likeness (QED) is 0.762. The first kappa shape index (κ1) is 13.2. The Morgan fingerprint density at radius 2 is 1.72 bits per heavy atom. The predicted octanol–water partition coefficient (Wildman–Crippen LogP) is 2.02. The second-order valence-electron chi connectivity index (χ2n) is 5.42. The molecule has 0 N–H and O–H groups in total. The van der Waals surface area contributed by atoms with E-state index in [4.69, 9.17) is 0 Å². The third-order valence-corrected chi connectivity index (χ3v) is 3.96. The highest BCUT2D eigenvalue weighted by Crippen LogP contribution is 2.16. The first-order chi connectivity index (χ1) is 8.60. The van der Waals surface area contributed by atoms with Crippen molar-refractivity contribution in [2.24, 2.45) is 0 Å². The van der Waals surface area contributed by atoms with Gasteiger partial charge in [-0.2, -0.15) is 0 Å². The molecular weight excluding hydrogens is 224 g/mol. The van der Waals surface area contributed by atoms with Crippen LogP contribution in [0.2, 0.25) is 0 Å². The van der Waals surface area contributed by atoms with Gasteiger partial charge in [0.05, 0.1) is 0 Å². The van der Waals surface area contributed by atoms with Gasteiger partial charge in [0, 0.05) is 37.3 Å². The predicted molar refractivity (Wildman–Crippen MR) is 73.8 cm³/mol. The standard InChI is InChI=1S/C15H22N2O/c1-12-8-17(9-13(2)16(12)3)10-14-4-6-15(11-18)7-5-14/h4-7,11-13H,8-10H2,1-3H3. The van der Waals surface area contributed by atoms with Crippen molar-refractivity contribution in [3.63, 3.8) is 0 Å². The molecule has 2 atom stereocenters. The van der Waals surface area contributed by atoms with Gasteiger partial charge in [-0.25, -0.2) is 0 Å². The van der Waals surface area contributed by atoms with Gasteiger partial charge in [0.25, 0.3) is 0 Å². The highest BCUT2D eigenvalue weighted by Gasteiger charge is 2.26. The number of nitrogens with zero attached hydrogens (tertiary/aromatic N) is 2. The molecule has 0 bridgehead atoms. The van der Waals surface area contributed by atoms with Crippen LogP contribution in [0.1, 0.15) is 29.8 Å². The Kier molecular flexibility index (Phi) is 4.15. The van der Waals surface area contributed by atoms with E-state index in [2.05, 4.69) is 42.8 Å². The lowest BCUT2D eigenvalue weighted by Crippen LogP contribution is -2.54. The van der Waals surface area contributed by atoms with Crippen LogP contribution in [0.25, 0.3) is 0 Å². The third kappa shape index (κ3) is 2.98. The number of piperazine rings is 1. The summed E-state index contributed by atoms with van der Waals surface area (Å²) in [5.41, 5.74) is 2.03. The minimum absolute atomic E-state index is 0.600. The maximum atomic E-state index is 10.6. The zero-order valence-electron chi connectivity index (χ0n) is 11.5. The number of aldehydes is 1. The van der Waals surface area contributed by atoms with Crippen molar-refractivity contribution in [1.82, 2.24) is 9.80 Å². The molecule has 0 radical (unpaired) electrons. The van der Waals surface area contributed by atoms with E-state index in [9.17, 15) is 4.79 Å². The number of rotatable bonds is 3. The highest BCUT2D eigenvalue weighted by atomic mass is 16.1. The zero-order valence-corrected chi connectivity index (χ0v) is 11.5. The number of hydrogen-bond donors (Lipinski definition) is 0. The average molecular weight is 246 g/mol. The highest BCUT2D eigenvalue weighted by molar-refractivity contribution is 5.74. The molecule has 1 aliphatic rings. The summed E-state index contributed by atoms with van der Waals surface area (Å²) >= 11 is 0. The van der Waals surface area contributed by atoms with Crippen LogP contribution in [0, 0.1) is 0 Å². The van der Waals surface area contributed by atoms with Gasteiger partial charge in [0.15, 0.2) is 0 Å². The first-order valence-electron chi connectivity index (χ1n) is 6.58. The van der Waals surface area contributed by atoms with E-state index >= 15 is 0 Å². The van der Waals surface area contributed by atoms with Crippen molar-refractivity contribution >= 4 is 6.29 Å². The Bertz CT molecular complexity index is 389. The van der Waals surface area contributed by atoms with Crippen molar-refractivity contribution in [3.05, 3.63) is 35.4 Å². The largest absolute Gasteiger partial charge is 0.298 e. The molecule has 3 heteroatoms. The molecule has 3 nitrogen and oxygen atoms in total. The number of benzene rings is 1. The van der Waals surface area contributed by atoms with Crippen molar-refractivity contribution in [3.8, 4) is 0 Å². The molecule has 1 heterocycles. The van der Waals surface area contributed by atoms with Gasteiger partial charge in [-0.3, -0.25) is 14.6 Å². The van der Waals surface area contributed by atoms with Gasteiger partial charge in [-0.1, -0.05) is 24.3 Å². The van der Waals surface area contributed by atoms with Gasteiger partial charge >= 0.3 is 0 Å². The van der Waals surface area contributed by atoms with Gasteiger partial charge in [0.1, 0.15) is 6.29 Å². The van der Waals surface area contributed by atoms with E-state index in [1.807, 2.05) is 12.1 Å². The van der Waals surface area contributed by atoms with Crippen LogP contribution in [-0.2, 0) is 6.54 Å². The molecule has 18 heavy (non-hydrogen) atoms. The Morgan fingerprint density at radius 3 is 2.22 bits per heavy atom. The third-order valence-electron chi connectivity index (χ3n) is 3.96. The molecule has 0 saturated carbocycles. The van der Waals surface area contributed by atoms with Crippen molar-refractivity contribution in [1.29, 1.82) is 0 Å². The Morgan fingerprint density at radius 1 is 1.17 bits per heavy atom. The summed E-state index contributed by atoms with van der Waals surface area (Å²) in [6.07, 6.45) is 0.893. The normalized spacial score (nSPS) is 26.2. The molecule has 1 fully saturated rings. The molecule has 1 aromatic rings. The molecule has 1 aliphatic heterocycles. The van der Waals surface area contributed by atoms with E-state index in [-0.39, 0.29) is 0 Å². The van der Waals surface area contributed by atoms with E-state index in [1.54, 1.807) is 0 Å². The van der Waals surface area contributed by atoms with Crippen LogP contribution in [-0.4, -0.2) is 48.3 Å². The van der Waals surface area contributed by atoms with E-state index < -0.39 is 0 Å². The second-order valence-corrected chi connectivity index (χ2v) is 5.42. The zero-order chi connectivity index (χ0) is 13.1. The molecule has 1 aromatic carbocycles. The summed E-state index contributed by atoms with van der Waals surface area (Å²) in [7, 11) is 2.20. The number of hydrogen-bond acceptors (Lipinski definition) is 3. The monoisotopic (exact) mass is 246 g/mol. The summed E-state index contributed by atoms with van der Waals surface area (Å²) in [6.45, 7) is 7.74. The molecule has 0 amide bonds. The fourth-order valence-corrected chi connectivity index (χ4v) is 2.60. The Hall–Kier alpha value is -1.19. The minimum atomic E-state index is 0.600. The first-order valence-corrected chi connectivity index (χ1v) is 6.58. The molecule has 2 rings (SSSR count). The molecule has 98 valence electrons. The molecule has 0 spiro atoms. The Balaban J connectivity index is 1.98. The smallest absolute Gasteiger partial charge is 0.150 e. The molecule has 1 saturated heterocycles. The topological polar surface area (TPSA) is 23.6 Å². The van der Waals surface area contributed by atoms with Gasteiger partial charge in [0.2, 0.25) is 0 Å². The maximum Gasteiger partial charge on any atom is 0.150 e. The van der Waals surface area contributed by atoms with Crippen LogP contribution < -0.4 is 0 Å². The summed E-state index contributed by atoms with van der Waals surface area (Å²) in [5.74, 6) is 0. The lowest BCUT2D eigenvalue weighted by molar-refractivity contribution is 0.0556. The van der Waals surface area contributed by atoms with E-state index in [0.717, 1.165) is 31.5 Å². The summed E-state index contributed by atoms with van der Waals surface area (Å²) in [5, 5.41) is 0. The van der Waals surface area contributed by atoms with Crippen LogP contribution >= 0.6 is 0 Å². The average Bonchev–Trinajstić information content (AvgIpc) is 2.37. The molecule has 0 aliphatic carbocycles. The number of likely N-dealkylation sites (N-methyl/N-ethyl adjacent to an activating group) is 1. The van der Waals surface area contributed by atoms with Gasteiger partial charge < -0.3 is 0 Å². The van der Waals surface area contributed by atoms with Crippen LogP contribution in [0.15, 0.2) is 24.3 Å². The molecule has 2 unspecified atom stereocenters. The lowest BCUT2D eigenvalue weighted by atomic mass is 10.1. The van der Waals surface area contributed by atoms with Crippen LogP contribution in [0.5, 0.6) is 0 Å². The minimum Gasteiger partial charge on any atom is -0.298 e. The SMILES string of the molecule is CC1CN(Cc2ccc(C=O)cc2)CC(C)N1C. The van der Waals surface area contributed by atoms with Crippen LogP contribution in [0.3, 0.4) is 0 Å².